The Hall–Kier alpha value is -1.96. The van der Waals surface area contributed by atoms with E-state index in [4.69, 9.17) is 9.72 Å². The Kier molecular flexibility index (Phi) is 13.4. The maximum Gasteiger partial charge on any atom is 0.416 e. The Labute approximate surface area is 227 Å². The fourth-order valence-electron chi connectivity index (χ4n) is 5.20. The maximum atomic E-state index is 13.0. The van der Waals surface area contributed by atoms with E-state index in [2.05, 4.69) is 13.8 Å². The second kappa shape index (κ2) is 15.0. The first-order valence-corrected chi connectivity index (χ1v) is 14.1. The van der Waals surface area contributed by atoms with Crippen LogP contribution in [0.1, 0.15) is 132 Å². The highest BCUT2D eigenvalue weighted by atomic mass is 19.4. The van der Waals surface area contributed by atoms with Crippen molar-refractivity contribution < 1.29 is 28.1 Å². The van der Waals surface area contributed by atoms with E-state index in [-0.39, 0.29) is 11.3 Å². The highest BCUT2D eigenvalue weighted by Crippen LogP contribution is 2.45. The predicted molar refractivity (Wildman–Crippen MR) is 148 cm³/mol. The van der Waals surface area contributed by atoms with E-state index in [1.807, 2.05) is 48.5 Å². The van der Waals surface area contributed by atoms with Crippen LogP contribution in [-0.4, -0.2) is 28.4 Å². The first kappa shape index (κ1) is 34.1. The number of aliphatic hydroxyl groups excluding tert-OH is 2. The van der Waals surface area contributed by atoms with Crippen molar-refractivity contribution in [1.29, 1.82) is 0 Å². The zero-order valence-corrected chi connectivity index (χ0v) is 24.7. The molecular weight excluding hydrogens is 491 g/mol. The molecule has 0 amide bonds. The average molecular weight is 540 g/mol. The van der Waals surface area contributed by atoms with Crippen LogP contribution in [0.3, 0.4) is 0 Å². The lowest BCUT2D eigenvalue weighted by atomic mass is 9.72. The van der Waals surface area contributed by atoms with Crippen molar-refractivity contribution >= 4 is 0 Å². The maximum absolute atomic E-state index is 13.0. The molecule has 2 aromatic rings. The summed E-state index contributed by atoms with van der Waals surface area (Å²) in [6.45, 7) is 19.3. The Morgan fingerprint density at radius 3 is 2.00 bits per heavy atom. The number of alkyl halides is 3. The molecule has 38 heavy (non-hydrogen) atoms. The number of ether oxygens (including phenoxy) is 1. The molecule has 1 aromatic carbocycles. The molecule has 1 aliphatic heterocycles. The summed E-state index contributed by atoms with van der Waals surface area (Å²) in [4.78, 5) is 4.99. The van der Waals surface area contributed by atoms with Crippen molar-refractivity contribution in [2.75, 3.05) is 13.2 Å². The largest absolute Gasteiger partial charge is 0.416 e. The topological polar surface area (TPSA) is 62.6 Å². The summed E-state index contributed by atoms with van der Waals surface area (Å²) in [5.41, 5.74) is 3.31. The molecule has 2 atom stereocenters. The Morgan fingerprint density at radius 1 is 0.974 bits per heavy atom. The van der Waals surface area contributed by atoms with Gasteiger partial charge in [0.2, 0.25) is 0 Å². The van der Waals surface area contributed by atoms with Gasteiger partial charge in [-0.25, -0.2) is 0 Å². The standard InChI is InChI=1S/C25H30F3NO3.3C2H6/c1-14-20-18(12-24(2,3)13-19(20)30)29-22(15-8-10-32-11-9-15)21(14)23(31)16-4-6-17(7-5-16)25(26,27)28;3*1-2/h4-7,15,19,23,30-31H,8-13H2,1-3H3;3*1-2H3. The van der Waals surface area contributed by atoms with Crippen molar-refractivity contribution in [2.45, 2.75) is 112 Å². The average Bonchev–Trinajstić information content (AvgIpc) is 2.90. The van der Waals surface area contributed by atoms with E-state index in [1.54, 1.807) is 0 Å². The van der Waals surface area contributed by atoms with E-state index in [1.165, 1.54) is 12.1 Å². The summed E-state index contributed by atoms with van der Waals surface area (Å²) in [5, 5.41) is 22.2. The molecule has 2 aliphatic rings. The van der Waals surface area contributed by atoms with Crippen LogP contribution in [0.15, 0.2) is 24.3 Å². The minimum Gasteiger partial charge on any atom is -0.388 e. The molecule has 0 bridgehead atoms. The van der Waals surface area contributed by atoms with Gasteiger partial charge in [0.05, 0.1) is 17.4 Å². The number of pyridine rings is 1. The van der Waals surface area contributed by atoms with Gasteiger partial charge in [-0.2, -0.15) is 13.2 Å². The highest BCUT2D eigenvalue weighted by molar-refractivity contribution is 5.48. The summed E-state index contributed by atoms with van der Waals surface area (Å²) in [7, 11) is 0. The Balaban J connectivity index is 0.00000112. The van der Waals surface area contributed by atoms with E-state index < -0.39 is 23.9 Å². The van der Waals surface area contributed by atoms with Gasteiger partial charge in [-0.15, -0.1) is 0 Å². The Bertz CT molecular complexity index is 981. The lowest BCUT2D eigenvalue weighted by molar-refractivity contribution is -0.137. The van der Waals surface area contributed by atoms with E-state index in [0.29, 0.717) is 30.8 Å². The van der Waals surface area contributed by atoms with Crippen LogP contribution in [-0.2, 0) is 17.3 Å². The highest BCUT2D eigenvalue weighted by Gasteiger charge is 2.37. The third-order valence-electron chi connectivity index (χ3n) is 6.81. The number of hydrogen-bond acceptors (Lipinski definition) is 4. The number of aliphatic hydroxyl groups is 2. The van der Waals surface area contributed by atoms with E-state index in [9.17, 15) is 23.4 Å². The minimum atomic E-state index is -4.43. The number of nitrogens with zero attached hydrogens (tertiary/aromatic N) is 1. The van der Waals surface area contributed by atoms with Crippen molar-refractivity contribution in [3.8, 4) is 0 Å². The van der Waals surface area contributed by atoms with Crippen LogP contribution in [0, 0.1) is 12.3 Å². The molecule has 1 saturated heterocycles. The SMILES string of the molecule is CC.CC.CC.Cc1c2c(nc(C3CCOCC3)c1C(O)c1ccc(C(F)(F)F)cc1)CC(C)(C)CC2O. The van der Waals surface area contributed by atoms with Gasteiger partial charge in [0.1, 0.15) is 6.10 Å². The fourth-order valence-corrected chi connectivity index (χ4v) is 5.20. The monoisotopic (exact) mass is 539 g/mol. The number of rotatable bonds is 3. The normalized spacial score (nSPS) is 19.4. The number of fused-ring (bicyclic) bond motifs is 1. The van der Waals surface area contributed by atoms with Gasteiger partial charge >= 0.3 is 6.18 Å². The third kappa shape index (κ3) is 8.03. The van der Waals surface area contributed by atoms with E-state index in [0.717, 1.165) is 53.9 Å². The third-order valence-corrected chi connectivity index (χ3v) is 6.81. The second-order valence-electron chi connectivity index (χ2n) is 9.87. The summed E-state index contributed by atoms with van der Waals surface area (Å²) in [5.74, 6) is 0.0917. The van der Waals surface area contributed by atoms with Gasteiger partial charge in [0, 0.05) is 36.0 Å². The zero-order chi connectivity index (χ0) is 29.3. The second-order valence-corrected chi connectivity index (χ2v) is 9.87. The van der Waals surface area contributed by atoms with Gasteiger partial charge in [0.15, 0.2) is 0 Å². The fraction of sp³-hybridized carbons (Fsp3) is 0.645. The molecule has 0 spiro atoms. The quantitative estimate of drug-likeness (QED) is 0.411. The van der Waals surface area contributed by atoms with Crippen LogP contribution in [0.5, 0.6) is 0 Å². The molecule has 0 radical (unpaired) electrons. The molecule has 2 N–H and O–H groups in total. The lowest BCUT2D eigenvalue weighted by Crippen LogP contribution is -2.30. The van der Waals surface area contributed by atoms with Crippen molar-refractivity contribution in [2.24, 2.45) is 5.41 Å². The molecule has 1 fully saturated rings. The van der Waals surface area contributed by atoms with Gasteiger partial charge in [-0.3, -0.25) is 4.98 Å². The number of benzene rings is 1. The summed E-state index contributed by atoms with van der Waals surface area (Å²) >= 11 is 0. The molecule has 4 nitrogen and oxygen atoms in total. The number of aromatic nitrogens is 1. The molecule has 2 heterocycles. The first-order valence-electron chi connectivity index (χ1n) is 14.1. The molecule has 2 unspecified atom stereocenters. The van der Waals surface area contributed by atoms with Gasteiger partial charge in [0.25, 0.3) is 0 Å². The molecule has 1 aliphatic carbocycles. The number of hydrogen-bond donors (Lipinski definition) is 2. The molecular formula is C31H48F3NO3. The number of halogens is 3. The van der Waals surface area contributed by atoms with Crippen molar-refractivity contribution in [3.05, 3.63) is 63.5 Å². The van der Waals surface area contributed by atoms with Crippen molar-refractivity contribution in [3.63, 3.8) is 0 Å². The minimum absolute atomic E-state index is 0.0909. The summed E-state index contributed by atoms with van der Waals surface area (Å²) < 4.78 is 44.5. The zero-order valence-electron chi connectivity index (χ0n) is 24.7. The van der Waals surface area contributed by atoms with Crippen LogP contribution in [0.25, 0.3) is 0 Å². The lowest BCUT2D eigenvalue weighted by Gasteiger charge is -2.37. The summed E-state index contributed by atoms with van der Waals surface area (Å²) in [6, 6.07) is 4.62. The first-order chi connectivity index (χ1) is 18.0. The van der Waals surface area contributed by atoms with Crippen LogP contribution >= 0.6 is 0 Å². The molecule has 216 valence electrons. The summed E-state index contributed by atoms with van der Waals surface area (Å²) in [6.07, 6.45) is -3.40. The van der Waals surface area contributed by atoms with Gasteiger partial charge in [-0.05, 0) is 61.3 Å². The van der Waals surface area contributed by atoms with Crippen LogP contribution < -0.4 is 0 Å². The smallest absolute Gasteiger partial charge is 0.388 e. The van der Waals surface area contributed by atoms with Gasteiger partial charge < -0.3 is 14.9 Å². The molecule has 0 saturated carbocycles. The predicted octanol–water partition coefficient (Wildman–Crippen LogP) is 8.47. The molecule has 1 aromatic heterocycles. The van der Waals surface area contributed by atoms with E-state index >= 15 is 0 Å². The van der Waals surface area contributed by atoms with Crippen LogP contribution in [0.2, 0.25) is 0 Å². The molecule has 7 heteroatoms. The van der Waals surface area contributed by atoms with Gasteiger partial charge in [-0.1, -0.05) is 67.5 Å². The van der Waals surface area contributed by atoms with Crippen LogP contribution in [0.4, 0.5) is 13.2 Å². The van der Waals surface area contributed by atoms with Crippen molar-refractivity contribution in [1.82, 2.24) is 4.98 Å². The Morgan fingerprint density at radius 2 is 1.50 bits per heavy atom. The molecule has 4 rings (SSSR count).